The lowest BCUT2D eigenvalue weighted by Gasteiger charge is -2.42. The zero-order chi connectivity index (χ0) is 15.9. The van der Waals surface area contributed by atoms with Gasteiger partial charge in [-0.05, 0) is 12.8 Å². The number of nitrogens with zero attached hydrogens (tertiary/aromatic N) is 3. The van der Waals surface area contributed by atoms with Crippen molar-refractivity contribution < 1.29 is 18.0 Å². The van der Waals surface area contributed by atoms with Crippen molar-refractivity contribution in [3.63, 3.8) is 0 Å². The van der Waals surface area contributed by atoms with Gasteiger partial charge in [-0.2, -0.15) is 0 Å². The van der Waals surface area contributed by atoms with Gasteiger partial charge in [0.25, 0.3) is 0 Å². The van der Waals surface area contributed by atoms with E-state index in [-0.39, 0.29) is 37.0 Å². The molecule has 1 unspecified atom stereocenters. The molecule has 1 N–H and O–H groups in total. The van der Waals surface area contributed by atoms with Crippen LogP contribution in [0.2, 0.25) is 0 Å². The first-order valence-electron chi connectivity index (χ1n) is 7.64. The van der Waals surface area contributed by atoms with Gasteiger partial charge in [0.2, 0.25) is 15.9 Å². The summed E-state index contributed by atoms with van der Waals surface area (Å²) in [6.45, 7) is 3.17. The van der Waals surface area contributed by atoms with Gasteiger partial charge in [-0.1, -0.05) is 0 Å². The Labute approximate surface area is 130 Å². The van der Waals surface area contributed by atoms with E-state index in [4.69, 9.17) is 0 Å². The fourth-order valence-electron chi connectivity index (χ4n) is 3.37. The van der Waals surface area contributed by atoms with Crippen molar-refractivity contribution in [1.29, 1.82) is 0 Å². The summed E-state index contributed by atoms with van der Waals surface area (Å²) in [6, 6.07) is 0.0254. The van der Waals surface area contributed by atoms with Crippen LogP contribution in [-0.2, 0) is 14.8 Å². The highest BCUT2D eigenvalue weighted by molar-refractivity contribution is 7.88. The number of urea groups is 1. The van der Waals surface area contributed by atoms with E-state index in [0.717, 1.165) is 19.1 Å². The topological polar surface area (TPSA) is 90.0 Å². The van der Waals surface area contributed by atoms with E-state index in [2.05, 4.69) is 5.32 Å². The molecule has 3 aliphatic heterocycles. The first-order valence-corrected chi connectivity index (χ1v) is 9.49. The first kappa shape index (κ1) is 15.5. The zero-order valence-electron chi connectivity index (χ0n) is 12.7. The number of sulfonamides is 1. The molecule has 0 aromatic carbocycles. The maximum absolute atomic E-state index is 12.5. The molecule has 0 saturated carbocycles. The van der Waals surface area contributed by atoms with E-state index >= 15 is 0 Å². The molecular formula is C13H22N4O4S. The highest BCUT2D eigenvalue weighted by Crippen LogP contribution is 2.24. The van der Waals surface area contributed by atoms with Crippen molar-refractivity contribution in [2.24, 2.45) is 5.92 Å². The minimum absolute atomic E-state index is 0.0178. The summed E-state index contributed by atoms with van der Waals surface area (Å²) in [7, 11) is -3.19. The molecule has 3 rings (SSSR count). The Morgan fingerprint density at radius 1 is 1.23 bits per heavy atom. The number of likely N-dealkylation sites (tertiary alicyclic amines) is 1. The SMILES string of the molecule is CS(=O)(=O)N1CC(C(=O)N2CCCC(N3CCNC3=O)C2)C1. The average molecular weight is 330 g/mol. The Hall–Kier alpha value is -1.35. The van der Waals surface area contributed by atoms with E-state index in [1.54, 1.807) is 4.90 Å². The number of carbonyl (C=O) groups is 2. The van der Waals surface area contributed by atoms with Crippen LogP contribution >= 0.6 is 0 Å². The quantitative estimate of drug-likeness (QED) is 0.711. The van der Waals surface area contributed by atoms with E-state index in [9.17, 15) is 18.0 Å². The van der Waals surface area contributed by atoms with Crippen LogP contribution in [0.15, 0.2) is 0 Å². The molecular weight excluding hydrogens is 308 g/mol. The molecule has 22 heavy (non-hydrogen) atoms. The minimum Gasteiger partial charge on any atom is -0.340 e. The van der Waals surface area contributed by atoms with E-state index in [1.807, 2.05) is 4.90 Å². The van der Waals surface area contributed by atoms with Crippen molar-refractivity contribution in [2.75, 3.05) is 45.5 Å². The molecule has 0 aromatic heterocycles. The van der Waals surface area contributed by atoms with Crippen molar-refractivity contribution in [2.45, 2.75) is 18.9 Å². The maximum Gasteiger partial charge on any atom is 0.317 e. The van der Waals surface area contributed by atoms with E-state index < -0.39 is 10.0 Å². The Bertz CT molecular complexity index is 573. The fourth-order valence-corrected chi connectivity index (χ4v) is 4.27. The largest absolute Gasteiger partial charge is 0.340 e. The van der Waals surface area contributed by atoms with Crippen LogP contribution < -0.4 is 5.32 Å². The molecule has 3 saturated heterocycles. The van der Waals surface area contributed by atoms with Crippen LogP contribution in [0.3, 0.4) is 0 Å². The van der Waals surface area contributed by atoms with Crippen molar-refractivity contribution in [3.8, 4) is 0 Å². The molecule has 124 valence electrons. The van der Waals surface area contributed by atoms with E-state index in [0.29, 0.717) is 26.2 Å². The van der Waals surface area contributed by atoms with Crippen LogP contribution in [-0.4, -0.2) is 86.0 Å². The minimum atomic E-state index is -3.19. The predicted octanol–water partition coefficient (Wildman–Crippen LogP) is -1.11. The Balaban J connectivity index is 1.56. The Kier molecular flexibility index (Phi) is 4.02. The number of rotatable bonds is 3. The molecule has 3 aliphatic rings. The maximum atomic E-state index is 12.5. The summed E-state index contributed by atoms with van der Waals surface area (Å²) in [5, 5.41) is 2.79. The van der Waals surface area contributed by atoms with Gasteiger partial charge in [0.05, 0.1) is 18.2 Å². The average Bonchev–Trinajstić information content (AvgIpc) is 2.81. The summed E-state index contributed by atoms with van der Waals surface area (Å²) in [5.41, 5.74) is 0. The normalized spacial score (nSPS) is 27.7. The van der Waals surface area contributed by atoms with Gasteiger partial charge in [-0.3, -0.25) is 4.79 Å². The molecule has 9 heteroatoms. The lowest BCUT2D eigenvalue weighted by atomic mass is 9.98. The first-order chi connectivity index (χ1) is 10.4. The molecule has 3 amide bonds. The second-order valence-electron chi connectivity index (χ2n) is 6.28. The number of amides is 3. The molecule has 0 spiro atoms. The van der Waals surface area contributed by atoms with Crippen molar-refractivity contribution in [3.05, 3.63) is 0 Å². The third-order valence-corrected chi connectivity index (χ3v) is 5.94. The lowest BCUT2D eigenvalue weighted by molar-refractivity contribution is -0.140. The summed E-state index contributed by atoms with van der Waals surface area (Å²) in [4.78, 5) is 27.8. The summed E-state index contributed by atoms with van der Waals surface area (Å²) in [5.74, 6) is -0.218. The third kappa shape index (κ3) is 2.91. The van der Waals surface area contributed by atoms with Crippen LogP contribution in [0.5, 0.6) is 0 Å². The van der Waals surface area contributed by atoms with Crippen molar-refractivity contribution in [1.82, 2.24) is 19.4 Å². The third-order valence-electron chi connectivity index (χ3n) is 4.71. The molecule has 0 radical (unpaired) electrons. The molecule has 8 nitrogen and oxygen atoms in total. The monoisotopic (exact) mass is 330 g/mol. The fraction of sp³-hybridized carbons (Fsp3) is 0.846. The molecule has 3 heterocycles. The smallest absolute Gasteiger partial charge is 0.317 e. The van der Waals surface area contributed by atoms with Crippen LogP contribution in [0.1, 0.15) is 12.8 Å². The number of piperidine rings is 1. The van der Waals surface area contributed by atoms with Crippen molar-refractivity contribution >= 4 is 22.0 Å². The molecule has 0 aliphatic carbocycles. The standard InChI is InChI=1S/C13H22N4O4S/c1-22(20,21)16-7-10(8-16)12(18)15-5-2-3-11(9-15)17-6-4-14-13(17)19/h10-11H,2-9H2,1H3,(H,14,19). The summed E-state index contributed by atoms with van der Waals surface area (Å²) < 4.78 is 24.1. The van der Waals surface area contributed by atoms with Gasteiger partial charge < -0.3 is 15.1 Å². The molecule has 1 atom stereocenters. The van der Waals surface area contributed by atoms with Crippen LogP contribution in [0.25, 0.3) is 0 Å². The van der Waals surface area contributed by atoms with Gasteiger partial charge in [0.15, 0.2) is 0 Å². The van der Waals surface area contributed by atoms with Gasteiger partial charge in [-0.25, -0.2) is 17.5 Å². The van der Waals surface area contributed by atoms with Crippen LogP contribution in [0.4, 0.5) is 4.79 Å². The van der Waals surface area contributed by atoms with E-state index in [1.165, 1.54) is 4.31 Å². The highest BCUT2D eigenvalue weighted by atomic mass is 32.2. The molecule has 0 bridgehead atoms. The summed E-state index contributed by atoms with van der Waals surface area (Å²) >= 11 is 0. The number of hydrogen-bond acceptors (Lipinski definition) is 4. The second-order valence-corrected chi connectivity index (χ2v) is 8.26. The number of carbonyl (C=O) groups excluding carboxylic acids is 2. The molecule has 3 fully saturated rings. The van der Waals surface area contributed by atoms with Gasteiger partial charge in [-0.15, -0.1) is 0 Å². The zero-order valence-corrected chi connectivity index (χ0v) is 13.5. The van der Waals surface area contributed by atoms with Crippen LogP contribution in [0, 0.1) is 5.92 Å². The summed E-state index contributed by atoms with van der Waals surface area (Å²) in [6.07, 6.45) is 2.95. The Morgan fingerprint density at radius 2 is 1.95 bits per heavy atom. The molecule has 0 aromatic rings. The van der Waals surface area contributed by atoms with Gasteiger partial charge >= 0.3 is 6.03 Å². The van der Waals surface area contributed by atoms with Gasteiger partial charge in [0, 0.05) is 39.3 Å². The number of nitrogens with one attached hydrogen (secondary N) is 1. The Morgan fingerprint density at radius 3 is 2.55 bits per heavy atom. The predicted molar refractivity (Wildman–Crippen MR) is 79.6 cm³/mol. The lowest BCUT2D eigenvalue weighted by Crippen LogP contribution is -2.59. The van der Waals surface area contributed by atoms with Gasteiger partial charge in [0.1, 0.15) is 0 Å². The second kappa shape index (κ2) is 5.69. The number of hydrogen-bond donors (Lipinski definition) is 1. The highest BCUT2D eigenvalue weighted by Gasteiger charge is 2.41.